The third-order valence-electron chi connectivity index (χ3n) is 7.46. The van der Waals surface area contributed by atoms with E-state index in [0.29, 0.717) is 49.2 Å². The Kier molecular flexibility index (Phi) is 7.17. The number of aryl methyl sites for hydroxylation is 1. The average Bonchev–Trinajstić information content (AvgIpc) is 3.28. The minimum absolute atomic E-state index is 0.0400. The molecule has 2 aliphatic heterocycles. The van der Waals surface area contributed by atoms with Crippen LogP contribution in [0.5, 0.6) is 0 Å². The quantitative estimate of drug-likeness (QED) is 0.435. The third kappa shape index (κ3) is 5.00. The summed E-state index contributed by atoms with van der Waals surface area (Å²) in [6.07, 6.45) is 3.50. The van der Waals surface area contributed by atoms with Crippen LogP contribution in [0.3, 0.4) is 0 Å². The van der Waals surface area contributed by atoms with Gasteiger partial charge in [0.25, 0.3) is 5.56 Å². The maximum Gasteiger partial charge on any atom is 0.274 e. The molecule has 198 valence electrons. The number of nitriles is 1. The number of anilines is 3. The fourth-order valence-electron chi connectivity index (χ4n) is 5.19. The Morgan fingerprint density at radius 2 is 2.11 bits per heavy atom. The third-order valence-corrected chi connectivity index (χ3v) is 7.46. The minimum atomic E-state index is -0.490. The molecule has 1 unspecified atom stereocenters. The molecule has 4 heterocycles. The molecule has 0 saturated carbocycles. The number of ether oxygens (including phenoxy) is 1. The van der Waals surface area contributed by atoms with Crippen molar-refractivity contribution in [1.82, 2.24) is 19.4 Å². The average molecular weight is 516 g/mol. The van der Waals surface area contributed by atoms with Gasteiger partial charge in [-0.15, -0.1) is 0 Å². The van der Waals surface area contributed by atoms with E-state index >= 15 is 0 Å². The molecule has 3 N–H and O–H groups in total. The van der Waals surface area contributed by atoms with Crippen LogP contribution in [-0.4, -0.2) is 70.0 Å². The Balaban J connectivity index is 1.43. The van der Waals surface area contributed by atoms with E-state index in [0.717, 1.165) is 35.5 Å². The first-order valence-electron chi connectivity index (χ1n) is 12.9. The Labute approximate surface area is 221 Å². The van der Waals surface area contributed by atoms with Gasteiger partial charge in [0.15, 0.2) is 0 Å². The number of fused-ring (bicyclic) bond motifs is 1. The fraction of sp³-hybridized carbons (Fsp3) is 0.429. The van der Waals surface area contributed by atoms with Crippen LogP contribution in [0.15, 0.2) is 41.5 Å². The maximum absolute atomic E-state index is 13.3. The number of aliphatic hydroxyl groups is 1. The van der Waals surface area contributed by atoms with Crippen molar-refractivity contribution in [2.75, 3.05) is 50.1 Å². The van der Waals surface area contributed by atoms with Gasteiger partial charge in [-0.25, -0.2) is 9.97 Å². The highest BCUT2D eigenvalue weighted by atomic mass is 16.5. The molecule has 0 amide bonds. The summed E-state index contributed by atoms with van der Waals surface area (Å²) in [7, 11) is 0. The van der Waals surface area contributed by atoms with Crippen molar-refractivity contribution in [1.29, 1.82) is 5.26 Å². The van der Waals surface area contributed by atoms with E-state index in [1.165, 1.54) is 0 Å². The first-order chi connectivity index (χ1) is 18.3. The lowest BCUT2D eigenvalue weighted by Crippen LogP contribution is -2.45. The Bertz CT molecular complexity index is 1440. The van der Waals surface area contributed by atoms with Gasteiger partial charge in [0.05, 0.1) is 36.8 Å². The van der Waals surface area contributed by atoms with Gasteiger partial charge in [-0.2, -0.15) is 5.26 Å². The number of hydrogen-bond donors (Lipinski definition) is 3. The number of hydrogen-bond acceptors (Lipinski definition) is 9. The summed E-state index contributed by atoms with van der Waals surface area (Å²) in [4.78, 5) is 24.7. The monoisotopic (exact) mass is 515 g/mol. The number of rotatable bonds is 7. The number of pyridine rings is 1. The zero-order chi connectivity index (χ0) is 26.9. The predicted molar refractivity (Wildman–Crippen MR) is 146 cm³/mol. The standard InChI is InChI=1S/C28H33N7O3/c1-18-10-24(26(37)35(14-18)15-19(2)34-6-8-38-9-7-34)33-27-30-5-4-23(32-27)20-11-21(13-29)25-22(12-20)28(3,17-36)16-31-25/h4-5,10-12,14,19,31,36H,6-9,15-17H2,1-3H3,(H,30,32,33)/t19?,28-/m1/s1. The lowest BCUT2D eigenvalue weighted by atomic mass is 9.83. The number of aliphatic hydroxyl groups excluding tert-OH is 1. The van der Waals surface area contributed by atoms with Crippen LogP contribution < -0.4 is 16.2 Å². The highest BCUT2D eigenvalue weighted by Crippen LogP contribution is 2.41. The molecule has 5 rings (SSSR count). The van der Waals surface area contributed by atoms with E-state index in [9.17, 15) is 15.2 Å². The van der Waals surface area contributed by atoms with E-state index in [-0.39, 0.29) is 18.2 Å². The maximum atomic E-state index is 13.3. The Morgan fingerprint density at radius 3 is 2.84 bits per heavy atom. The molecule has 2 aliphatic rings. The summed E-state index contributed by atoms with van der Waals surface area (Å²) in [5, 5.41) is 26.1. The number of nitrogens with one attached hydrogen (secondary N) is 2. The Hall–Kier alpha value is -3.78. The fourth-order valence-corrected chi connectivity index (χ4v) is 5.19. The van der Waals surface area contributed by atoms with Gasteiger partial charge in [0.2, 0.25) is 5.95 Å². The predicted octanol–water partition coefficient (Wildman–Crippen LogP) is 2.63. The molecule has 2 atom stereocenters. The second-order valence-corrected chi connectivity index (χ2v) is 10.4. The van der Waals surface area contributed by atoms with Gasteiger partial charge in [-0.3, -0.25) is 9.69 Å². The molecule has 2 aromatic heterocycles. The molecule has 1 saturated heterocycles. The minimum Gasteiger partial charge on any atom is -0.395 e. The van der Waals surface area contributed by atoms with Gasteiger partial charge in [-0.1, -0.05) is 6.92 Å². The van der Waals surface area contributed by atoms with Crippen molar-refractivity contribution in [2.24, 2.45) is 0 Å². The molecule has 1 aromatic carbocycles. The number of benzene rings is 1. The van der Waals surface area contributed by atoms with Crippen LogP contribution in [0, 0.1) is 18.3 Å². The second-order valence-electron chi connectivity index (χ2n) is 10.4. The molecule has 0 bridgehead atoms. The molecule has 0 aliphatic carbocycles. The summed E-state index contributed by atoms with van der Waals surface area (Å²) in [5.74, 6) is 0.292. The first kappa shape index (κ1) is 25.9. The zero-order valence-corrected chi connectivity index (χ0v) is 22.0. The topological polar surface area (TPSA) is 128 Å². The van der Waals surface area contributed by atoms with Crippen molar-refractivity contribution in [3.63, 3.8) is 0 Å². The summed E-state index contributed by atoms with van der Waals surface area (Å²) in [6.45, 7) is 10.3. The molecule has 1 fully saturated rings. The summed E-state index contributed by atoms with van der Waals surface area (Å²) in [5.41, 5.74) is 4.22. The van der Waals surface area contributed by atoms with Crippen LogP contribution in [-0.2, 0) is 16.7 Å². The molecule has 38 heavy (non-hydrogen) atoms. The van der Waals surface area contributed by atoms with Crippen LogP contribution >= 0.6 is 0 Å². The van der Waals surface area contributed by atoms with Crippen molar-refractivity contribution < 1.29 is 9.84 Å². The van der Waals surface area contributed by atoms with E-state index in [2.05, 4.69) is 38.5 Å². The van der Waals surface area contributed by atoms with Crippen LogP contribution in [0.2, 0.25) is 0 Å². The lowest BCUT2D eigenvalue weighted by molar-refractivity contribution is 0.0167. The van der Waals surface area contributed by atoms with Crippen molar-refractivity contribution in [3.8, 4) is 17.3 Å². The highest BCUT2D eigenvalue weighted by Gasteiger charge is 2.36. The van der Waals surface area contributed by atoms with Crippen LogP contribution in [0.4, 0.5) is 17.3 Å². The second kappa shape index (κ2) is 10.5. The molecule has 10 nitrogen and oxygen atoms in total. The van der Waals surface area contributed by atoms with Gasteiger partial charge >= 0.3 is 0 Å². The molecular formula is C28H33N7O3. The van der Waals surface area contributed by atoms with Crippen LogP contribution in [0.1, 0.15) is 30.5 Å². The normalized spacial score (nSPS) is 19.9. The van der Waals surface area contributed by atoms with Gasteiger partial charge < -0.3 is 25.0 Å². The van der Waals surface area contributed by atoms with Gasteiger partial charge in [-0.05, 0) is 49.2 Å². The molecular weight excluding hydrogens is 482 g/mol. The van der Waals surface area contributed by atoms with Gasteiger partial charge in [0, 0.05) is 55.6 Å². The first-order valence-corrected chi connectivity index (χ1v) is 12.9. The van der Waals surface area contributed by atoms with Crippen LogP contribution in [0.25, 0.3) is 11.3 Å². The van der Waals surface area contributed by atoms with E-state index in [1.54, 1.807) is 29.0 Å². The van der Waals surface area contributed by atoms with Gasteiger partial charge in [0.1, 0.15) is 11.8 Å². The SMILES string of the molecule is Cc1cc(Nc2nccc(-c3cc(C#N)c4c(c3)[C@@](C)(CO)CN4)n2)c(=O)n(CC(C)N2CCOCC2)c1. The number of morpholine rings is 1. The molecule has 0 radical (unpaired) electrons. The highest BCUT2D eigenvalue weighted by molar-refractivity contribution is 5.76. The zero-order valence-electron chi connectivity index (χ0n) is 22.0. The van der Waals surface area contributed by atoms with Crippen molar-refractivity contribution in [3.05, 3.63) is 63.7 Å². The lowest BCUT2D eigenvalue weighted by Gasteiger charge is -2.32. The van der Waals surface area contributed by atoms with E-state index < -0.39 is 5.41 Å². The van der Waals surface area contributed by atoms with Crippen molar-refractivity contribution >= 4 is 17.3 Å². The summed E-state index contributed by atoms with van der Waals surface area (Å²) < 4.78 is 7.20. The Morgan fingerprint density at radius 1 is 1.32 bits per heavy atom. The summed E-state index contributed by atoms with van der Waals surface area (Å²) in [6, 6.07) is 9.77. The molecule has 10 heteroatoms. The number of nitrogens with zero attached hydrogens (tertiary/aromatic N) is 5. The molecule has 3 aromatic rings. The van der Waals surface area contributed by atoms with Crippen molar-refractivity contribution in [2.45, 2.75) is 38.8 Å². The number of aromatic nitrogens is 3. The molecule has 0 spiro atoms. The smallest absolute Gasteiger partial charge is 0.274 e. The van der Waals surface area contributed by atoms with E-state index in [1.807, 2.05) is 26.1 Å². The van der Waals surface area contributed by atoms with E-state index in [4.69, 9.17) is 4.74 Å². The largest absolute Gasteiger partial charge is 0.395 e. The summed E-state index contributed by atoms with van der Waals surface area (Å²) >= 11 is 0.